The SMILES string of the molecule is CCOC(=O)C[C@@H](NC(=O)[C@H]1CCOC1)C(N)=O. The maximum atomic E-state index is 11.7. The third-order valence-corrected chi connectivity index (χ3v) is 2.64. The predicted octanol–water partition coefficient (Wildman–Crippen LogP) is -1.05. The zero-order chi connectivity index (χ0) is 13.5. The fourth-order valence-electron chi connectivity index (χ4n) is 1.64. The molecule has 0 aromatic rings. The van der Waals surface area contributed by atoms with Crippen LogP contribution in [-0.2, 0) is 23.9 Å². The van der Waals surface area contributed by atoms with Gasteiger partial charge in [-0.15, -0.1) is 0 Å². The van der Waals surface area contributed by atoms with Gasteiger partial charge in [0.2, 0.25) is 11.8 Å². The molecule has 3 N–H and O–H groups in total. The molecule has 7 heteroatoms. The van der Waals surface area contributed by atoms with E-state index < -0.39 is 17.9 Å². The van der Waals surface area contributed by atoms with E-state index in [1.54, 1.807) is 6.92 Å². The summed E-state index contributed by atoms with van der Waals surface area (Å²) in [5.41, 5.74) is 5.14. The summed E-state index contributed by atoms with van der Waals surface area (Å²) in [5.74, 6) is -1.92. The van der Waals surface area contributed by atoms with Gasteiger partial charge in [-0.3, -0.25) is 14.4 Å². The van der Waals surface area contributed by atoms with Crippen LogP contribution in [0.3, 0.4) is 0 Å². The van der Waals surface area contributed by atoms with Gasteiger partial charge in [-0.05, 0) is 13.3 Å². The molecule has 1 saturated heterocycles. The van der Waals surface area contributed by atoms with Crippen LogP contribution < -0.4 is 11.1 Å². The Morgan fingerprint density at radius 2 is 2.22 bits per heavy atom. The van der Waals surface area contributed by atoms with E-state index in [0.717, 1.165) is 0 Å². The number of rotatable bonds is 6. The number of nitrogens with one attached hydrogen (secondary N) is 1. The average molecular weight is 258 g/mol. The molecule has 0 radical (unpaired) electrons. The fourth-order valence-corrected chi connectivity index (χ4v) is 1.64. The minimum absolute atomic E-state index is 0.217. The Kier molecular flexibility index (Phi) is 5.57. The van der Waals surface area contributed by atoms with E-state index in [-0.39, 0.29) is 24.9 Å². The number of hydrogen-bond donors (Lipinski definition) is 2. The molecule has 18 heavy (non-hydrogen) atoms. The van der Waals surface area contributed by atoms with Crippen LogP contribution in [0.5, 0.6) is 0 Å². The number of amides is 2. The molecule has 1 aliphatic heterocycles. The van der Waals surface area contributed by atoms with Gasteiger partial charge in [0.1, 0.15) is 6.04 Å². The molecule has 0 aliphatic carbocycles. The predicted molar refractivity (Wildman–Crippen MR) is 61.3 cm³/mol. The number of ether oxygens (including phenoxy) is 2. The average Bonchev–Trinajstić information content (AvgIpc) is 2.81. The number of carbonyl (C=O) groups excluding carboxylic acids is 3. The second-order valence-electron chi connectivity index (χ2n) is 4.03. The summed E-state index contributed by atoms with van der Waals surface area (Å²) in [6.07, 6.45) is 0.360. The van der Waals surface area contributed by atoms with Crippen molar-refractivity contribution in [3.63, 3.8) is 0 Å². The van der Waals surface area contributed by atoms with Crippen LogP contribution in [0.4, 0.5) is 0 Å². The largest absolute Gasteiger partial charge is 0.466 e. The van der Waals surface area contributed by atoms with Crippen molar-refractivity contribution < 1.29 is 23.9 Å². The highest BCUT2D eigenvalue weighted by Gasteiger charge is 2.28. The Bertz CT molecular complexity index is 325. The highest BCUT2D eigenvalue weighted by atomic mass is 16.5. The lowest BCUT2D eigenvalue weighted by molar-refractivity contribution is -0.145. The zero-order valence-electron chi connectivity index (χ0n) is 10.3. The van der Waals surface area contributed by atoms with Crippen molar-refractivity contribution in [1.29, 1.82) is 0 Å². The summed E-state index contributed by atoms with van der Waals surface area (Å²) >= 11 is 0. The van der Waals surface area contributed by atoms with Crippen molar-refractivity contribution in [3.8, 4) is 0 Å². The number of hydrogen-bond acceptors (Lipinski definition) is 5. The molecule has 0 unspecified atom stereocenters. The molecular formula is C11H18N2O5. The fraction of sp³-hybridized carbons (Fsp3) is 0.727. The Morgan fingerprint density at radius 3 is 2.72 bits per heavy atom. The van der Waals surface area contributed by atoms with Crippen molar-refractivity contribution in [1.82, 2.24) is 5.32 Å². The van der Waals surface area contributed by atoms with Gasteiger partial charge >= 0.3 is 5.97 Å². The lowest BCUT2D eigenvalue weighted by Crippen LogP contribution is -2.48. The van der Waals surface area contributed by atoms with E-state index >= 15 is 0 Å². The van der Waals surface area contributed by atoms with E-state index in [1.807, 2.05) is 0 Å². The van der Waals surface area contributed by atoms with E-state index in [9.17, 15) is 14.4 Å². The van der Waals surface area contributed by atoms with E-state index in [1.165, 1.54) is 0 Å². The monoisotopic (exact) mass is 258 g/mol. The lowest BCUT2D eigenvalue weighted by Gasteiger charge is -2.16. The van der Waals surface area contributed by atoms with Crippen molar-refractivity contribution >= 4 is 17.8 Å². The first-order valence-electron chi connectivity index (χ1n) is 5.87. The minimum Gasteiger partial charge on any atom is -0.466 e. The maximum Gasteiger partial charge on any atom is 0.308 e. The molecular weight excluding hydrogens is 240 g/mol. The highest BCUT2D eigenvalue weighted by molar-refractivity contribution is 5.90. The van der Waals surface area contributed by atoms with Crippen LogP contribution in [0.25, 0.3) is 0 Å². The van der Waals surface area contributed by atoms with Gasteiger partial charge in [-0.25, -0.2) is 0 Å². The van der Waals surface area contributed by atoms with Crippen LogP contribution in [0.1, 0.15) is 19.8 Å². The maximum absolute atomic E-state index is 11.7. The molecule has 0 bridgehead atoms. The molecule has 1 fully saturated rings. The zero-order valence-corrected chi connectivity index (χ0v) is 10.3. The first-order valence-corrected chi connectivity index (χ1v) is 5.87. The molecule has 2 atom stereocenters. The van der Waals surface area contributed by atoms with Gasteiger partial charge in [-0.2, -0.15) is 0 Å². The van der Waals surface area contributed by atoms with Gasteiger partial charge in [-0.1, -0.05) is 0 Å². The summed E-state index contributed by atoms with van der Waals surface area (Å²) in [5, 5.41) is 2.45. The summed E-state index contributed by atoms with van der Waals surface area (Å²) in [6, 6.07) is -1.03. The Labute approximate surface area is 105 Å². The molecule has 1 rings (SSSR count). The normalized spacial score (nSPS) is 20.2. The Hall–Kier alpha value is -1.63. The highest BCUT2D eigenvalue weighted by Crippen LogP contribution is 2.12. The standard InChI is InChI=1S/C11H18N2O5/c1-2-18-9(14)5-8(10(12)15)13-11(16)7-3-4-17-6-7/h7-8H,2-6H2,1H3,(H2,12,15)(H,13,16)/t7-,8+/m0/s1. The lowest BCUT2D eigenvalue weighted by atomic mass is 10.1. The van der Waals surface area contributed by atoms with Crippen molar-refractivity contribution in [2.24, 2.45) is 11.7 Å². The van der Waals surface area contributed by atoms with Crippen LogP contribution in [0, 0.1) is 5.92 Å². The topological polar surface area (TPSA) is 108 Å². The Morgan fingerprint density at radius 1 is 1.50 bits per heavy atom. The van der Waals surface area contributed by atoms with E-state index in [2.05, 4.69) is 5.32 Å². The van der Waals surface area contributed by atoms with Crippen LogP contribution >= 0.6 is 0 Å². The number of carbonyl (C=O) groups is 3. The molecule has 2 amide bonds. The molecule has 1 aliphatic rings. The van der Waals surface area contributed by atoms with Crippen molar-refractivity contribution in [3.05, 3.63) is 0 Å². The molecule has 0 aromatic carbocycles. The van der Waals surface area contributed by atoms with Gasteiger partial charge < -0.3 is 20.5 Å². The van der Waals surface area contributed by atoms with Crippen molar-refractivity contribution in [2.45, 2.75) is 25.8 Å². The first-order chi connectivity index (χ1) is 8.54. The van der Waals surface area contributed by atoms with Crippen LogP contribution in [0.2, 0.25) is 0 Å². The summed E-state index contributed by atoms with van der Waals surface area (Å²) in [7, 11) is 0. The minimum atomic E-state index is -1.03. The second kappa shape index (κ2) is 6.95. The molecule has 1 heterocycles. The molecule has 0 aromatic heterocycles. The van der Waals surface area contributed by atoms with E-state index in [4.69, 9.17) is 15.2 Å². The molecule has 0 spiro atoms. The Balaban J connectivity index is 2.49. The molecule has 0 saturated carbocycles. The van der Waals surface area contributed by atoms with Crippen molar-refractivity contribution in [2.75, 3.05) is 19.8 Å². The van der Waals surface area contributed by atoms with Gasteiger partial charge in [0.25, 0.3) is 0 Å². The van der Waals surface area contributed by atoms with Gasteiger partial charge in [0.05, 0.1) is 25.6 Å². The second-order valence-corrected chi connectivity index (χ2v) is 4.03. The van der Waals surface area contributed by atoms with Crippen LogP contribution in [0.15, 0.2) is 0 Å². The summed E-state index contributed by atoms with van der Waals surface area (Å²) in [6.45, 7) is 2.73. The van der Waals surface area contributed by atoms with Gasteiger partial charge in [0, 0.05) is 6.61 Å². The summed E-state index contributed by atoms with van der Waals surface area (Å²) < 4.78 is 9.78. The number of primary amides is 1. The third-order valence-electron chi connectivity index (χ3n) is 2.64. The first kappa shape index (κ1) is 14.4. The number of esters is 1. The smallest absolute Gasteiger partial charge is 0.308 e. The van der Waals surface area contributed by atoms with E-state index in [0.29, 0.717) is 19.6 Å². The van der Waals surface area contributed by atoms with Gasteiger partial charge in [0.15, 0.2) is 0 Å². The quantitative estimate of drug-likeness (QED) is 0.591. The molecule has 102 valence electrons. The number of nitrogens with two attached hydrogens (primary N) is 1. The van der Waals surface area contributed by atoms with Crippen LogP contribution in [-0.4, -0.2) is 43.6 Å². The molecule has 7 nitrogen and oxygen atoms in total. The summed E-state index contributed by atoms with van der Waals surface area (Å²) in [4.78, 5) is 34.2. The third kappa shape index (κ3) is 4.33.